The van der Waals surface area contributed by atoms with E-state index in [0.29, 0.717) is 37.5 Å². The Bertz CT molecular complexity index is 932. The van der Waals surface area contributed by atoms with Crippen LogP contribution in [0.2, 0.25) is 0 Å². The average molecular weight is 404 g/mol. The average Bonchev–Trinajstić information content (AvgIpc) is 2.66. The van der Waals surface area contributed by atoms with E-state index in [1.54, 1.807) is 12.1 Å². The highest BCUT2D eigenvalue weighted by Gasteiger charge is 2.34. The first-order valence-electron chi connectivity index (χ1n) is 9.14. The lowest BCUT2D eigenvalue weighted by Crippen LogP contribution is -2.51. The van der Waals surface area contributed by atoms with Gasteiger partial charge in [-0.15, -0.1) is 0 Å². The summed E-state index contributed by atoms with van der Waals surface area (Å²) < 4.78 is 33.8. The highest BCUT2D eigenvalue weighted by Crippen LogP contribution is 2.25. The maximum atomic E-state index is 12.9. The standard InChI is InChI=1S/C20H25N3O4S/c1-16-9-10-19(27-2)18(13-16)21-20(24)15-23-12-6-11-22(28(23,25)26)14-17-7-4-3-5-8-17/h3-5,7-10,13H,6,11-12,14-15H2,1-2H3,(H,21,24). The molecule has 0 spiro atoms. The van der Waals surface area contributed by atoms with Crippen LogP contribution >= 0.6 is 0 Å². The maximum absolute atomic E-state index is 12.9. The fourth-order valence-electron chi connectivity index (χ4n) is 3.20. The van der Waals surface area contributed by atoms with Crippen molar-refractivity contribution >= 4 is 21.8 Å². The number of ether oxygens (including phenoxy) is 1. The third-order valence-electron chi connectivity index (χ3n) is 4.62. The van der Waals surface area contributed by atoms with Gasteiger partial charge in [0, 0.05) is 19.6 Å². The molecule has 150 valence electrons. The molecule has 8 heteroatoms. The van der Waals surface area contributed by atoms with Crippen molar-refractivity contribution in [2.24, 2.45) is 0 Å². The van der Waals surface area contributed by atoms with Crippen molar-refractivity contribution in [2.75, 3.05) is 32.1 Å². The van der Waals surface area contributed by atoms with Crippen molar-refractivity contribution in [3.05, 3.63) is 59.7 Å². The molecular formula is C20H25N3O4S. The Kier molecular flexibility index (Phi) is 6.33. The van der Waals surface area contributed by atoms with Crippen LogP contribution in [0.1, 0.15) is 17.5 Å². The van der Waals surface area contributed by atoms with Gasteiger partial charge in [0.2, 0.25) is 5.91 Å². The van der Waals surface area contributed by atoms with Crippen LogP contribution < -0.4 is 10.1 Å². The molecule has 0 bridgehead atoms. The zero-order chi connectivity index (χ0) is 20.1. The molecule has 1 saturated heterocycles. The number of methoxy groups -OCH3 is 1. The van der Waals surface area contributed by atoms with Gasteiger partial charge in [-0.05, 0) is 36.6 Å². The summed E-state index contributed by atoms with van der Waals surface area (Å²) in [6.07, 6.45) is 0.674. The number of hydrogen-bond acceptors (Lipinski definition) is 4. The van der Waals surface area contributed by atoms with Gasteiger partial charge in [0.15, 0.2) is 0 Å². The Hall–Kier alpha value is -2.42. The minimum Gasteiger partial charge on any atom is -0.495 e. The molecule has 1 heterocycles. The van der Waals surface area contributed by atoms with E-state index in [9.17, 15) is 13.2 Å². The molecule has 0 radical (unpaired) electrons. The summed E-state index contributed by atoms with van der Waals surface area (Å²) in [7, 11) is -2.17. The molecule has 3 rings (SSSR count). The Labute approximate surface area is 166 Å². The Morgan fingerprint density at radius 1 is 1.11 bits per heavy atom. The molecule has 1 fully saturated rings. The van der Waals surface area contributed by atoms with E-state index in [-0.39, 0.29) is 6.54 Å². The second-order valence-corrected chi connectivity index (χ2v) is 8.69. The molecule has 2 aromatic carbocycles. The minimum absolute atomic E-state index is 0.231. The zero-order valence-corrected chi connectivity index (χ0v) is 16.9. The zero-order valence-electron chi connectivity index (χ0n) is 16.1. The fraction of sp³-hybridized carbons (Fsp3) is 0.350. The van der Waals surface area contributed by atoms with Crippen molar-refractivity contribution in [3.63, 3.8) is 0 Å². The number of nitrogens with one attached hydrogen (secondary N) is 1. The van der Waals surface area contributed by atoms with Crippen LogP contribution in [0.15, 0.2) is 48.5 Å². The lowest BCUT2D eigenvalue weighted by molar-refractivity contribution is -0.116. The first-order valence-corrected chi connectivity index (χ1v) is 10.5. The molecule has 1 aliphatic rings. The van der Waals surface area contributed by atoms with Gasteiger partial charge in [0.1, 0.15) is 5.75 Å². The second-order valence-electron chi connectivity index (χ2n) is 6.77. The van der Waals surface area contributed by atoms with Crippen LogP contribution in [0.4, 0.5) is 5.69 Å². The van der Waals surface area contributed by atoms with Gasteiger partial charge in [-0.2, -0.15) is 17.0 Å². The number of amides is 1. The molecule has 1 amide bonds. The molecule has 0 aliphatic carbocycles. The molecule has 1 aliphatic heterocycles. The second kappa shape index (κ2) is 8.72. The Morgan fingerprint density at radius 2 is 1.82 bits per heavy atom. The van der Waals surface area contributed by atoms with Crippen molar-refractivity contribution in [1.29, 1.82) is 0 Å². The topological polar surface area (TPSA) is 79.0 Å². The van der Waals surface area contributed by atoms with E-state index in [2.05, 4.69) is 5.32 Å². The molecule has 0 aromatic heterocycles. The van der Waals surface area contributed by atoms with Crippen LogP contribution in [-0.4, -0.2) is 49.7 Å². The maximum Gasteiger partial charge on any atom is 0.282 e. The van der Waals surface area contributed by atoms with E-state index >= 15 is 0 Å². The fourth-order valence-corrected chi connectivity index (χ4v) is 4.83. The SMILES string of the molecule is COc1ccc(C)cc1NC(=O)CN1CCCN(Cc2ccccc2)S1(=O)=O. The van der Waals surface area contributed by atoms with Gasteiger partial charge < -0.3 is 10.1 Å². The predicted octanol–water partition coefficient (Wildman–Crippen LogP) is 2.39. The summed E-state index contributed by atoms with van der Waals surface area (Å²) in [6.45, 7) is 2.75. The third-order valence-corrected chi connectivity index (χ3v) is 6.55. The van der Waals surface area contributed by atoms with Crippen molar-refractivity contribution in [3.8, 4) is 5.75 Å². The number of aryl methyl sites for hydroxylation is 1. The first-order chi connectivity index (χ1) is 13.4. The molecule has 0 saturated carbocycles. The molecule has 0 atom stereocenters. The van der Waals surface area contributed by atoms with Crippen molar-refractivity contribution < 1.29 is 17.9 Å². The largest absolute Gasteiger partial charge is 0.495 e. The summed E-state index contributed by atoms with van der Waals surface area (Å²) in [4.78, 5) is 12.5. The first kappa shape index (κ1) is 20.3. The highest BCUT2D eigenvalue weighted by atomic mass is 32.2. The number of carbonyl (C=O) groups excluding carboxylic acids is 1. The molecule has 0 unspecified atom stereocenters. The van der Waals surface area contributed by atoms with E-state index in [1.807, 2.05) is 43.3 Å². The van der Waals surface area contributed by atoms with Gasteiger partial charge in [-0.3, -0.25) is 4.79 Å². The van der Waals surface area contributed by atoms with E-state index in [0.717, 1.165) is 11.1 Å². The number of benzene rings is 2. The van der Waals surface area contributed by atoms with E-state index in [4.69, 9.17) is 4.74 Å². The van der Waals surface area contributed by atoms with Gasteiger partial charge >= 0.3 is 0 Å². The lowest BCUT2D eigenvalue weighted by Gasteiger charge is -2.34. The molecule has 7 nitrogen and oxygen atoms in total. The van der Waals surface area contributed by atoms with Crippen molar-refractivity contribution in [1.82, 2.24) is 8.61 Å². The monoisotopic (exact) mass is 403 g/mol. The molecule has 28 heavy (non-hydrogen) atoms. The Balaban J connectivity index is 1.69. The number of anilines is 1. The Morgan fingerprint density at radius 3 is 2.54 bits per heavy atom. The molecule has 2 aromatic rings. The van der Waals surface area contributed by atoms with Crippen LogP contribution in [-0.2, 0) is 21.5 Å². The molecular weight excluding hydrogens is 378 g/mol. The van der Waals surface area contributed by atoms with Gasteiger partial charge in [-0.25, -0.2) is 0 Å². The van der Waals surface area contributed by atoms with Crippen LogP contribution in [0, 0.1) is 6.92 Å². The summed E-state index contributed by atoms with van der Waals surface area (Å²) >= 11 is 0. The van der Waals surface area contributed by atoms with Crippen LogP contribution in [0.5, 0.6) is 5.75 Å². The van der Waals surface area contributed by atoms with Gasteiger partial charge in [-0.1, -0.05) is 36.4 Å². The summed E-state index contributed by atoms with van der Waals surface area (Å²) in [5.41, 5.74) is 2.42. The number of carbonyl (C=O) groups is 1. The van der Waals surface area contributed by atoms with Gasteiger partial charge in [0.25, 0.3) is 10.2 Å². The number of nitrogens with zero attached hydrogens (tertiary/aromatic N) is 2. The smallest absolute Gasteiger partial charge is 0.282 e. The van der Waals surface area contributed by atoms with Crippen molar-refractivity contribution in [2.45, 2.75) is 19.9 Å². The lowest BCUT2D eigenvalue weighted by atomic mass is 10.2. The summed E-state index contributed by atoms with van der Waals surface area (Å²) in [5, 5.41) is 2.76. The van der Waals surface area contributed by atoms with E-state index < -0.39 is 16.1 Å². The van der Waals surface area contributed by atoms with Gasteiger partial charge in [0.05, 0.1) is 19.3 Å². The normalized spacial score (nSPS) is 17.2. The molecule has 1 N–H and O–H groups in total. The highest BCUT2D eigenvalue weighted by molar-refractivity contribution is 7.86. The minimum atomic E-state index is -3.70. The number of rotatable bonds is 6. The summed E-state index contributed by atoms with van der Waals surface area (Å²) in [6, 6.07) is 14.9. The number of hydrogen-bond donors (Lipinski definition) is 1. The van der Waals surface area contributed by atoms with E-state index in [1.165, 1.54) is 15.7 Å². The van der Waals surface area contributed by atoms with Crippen LogP contribution in [0.3, 0.4) is 0 Å². The predicted molar refractivity (Wildman–Crippen MR) is 108 cm³/mol. The third kappa shape index (κ3) is 4.70. The quantitative estimate of drug-likeness (QED) is 0.803. The van der Waals surface area contributed by atoms with Crippen LogP contribution in [0.25, 0.3) is 0 Å². The summed E-state index contributed by atoms with van der Waals surface area (Å²) in [5.74, 6) is 0.139.